The van der Waals surface area contributed by atoms with Gasteiger partial charge >= 0.3 is 0 Å². The minimum absolute atomic E-state index is 0.0117. The third kappa shape index (κ3) is 3.71. The van der Waals surface area contributed by atoms with Gasteiger partial charge in [0.15, 0.2) is 5.16 Å². The van der Waals surface area contributed by atoms with Gasteiger partial charge in [-0.15, -0.1) is 0 Å². The number of benzene rings is 1. The lowest BCUT2D eigenvalue weighted by Crippen LogP contribution is -2.39. The van der Waals surface area contributed by atoms with Gasteiger partial charge in [-0.1, -0.05) is 24.8 Å². The lowest BCUT2D eigenvalue weighted by molar-refractivity contribution is -0.116. The minimum atomic E-state index is -0.0928. The molecule has 2 aromatic heterocycles. The second-order valence-electron chi connectivity index (χ2n) is 7.69. The number of aryl methyl sites for hydroxylation is 2. The Balaban J connectivity index is 1.63. The zero-order chi connectivity index (χ0) is 21.4. The number of nitrogens with zero attached hydrogens (tertiary/aromatic N) is 3. The van der Waals surface area contributed by atoms with Gasteiger partial charge in [-0.2, -0.15) is 0 Å². The summed E-state index contributed by atoms with van der Waals surface area (Å²) in [5.41, 5.74) is 3.83. The van der Waals surface area contributed by atoms with Crippen LogP contribution in [0.1, 0.15) is 37.6 Å². The first-order valence-corrected chi connectivity index (χ1v) is 11.2. The van der Waals surface area contributed by atoms with Crippen molar-refractivity contribution in [2.75, 3.05) is 23.8 Å². The molecule has 1 aliphatic rings. The van der Waals surface area contributed by atoms with E-state index in [-0.39, 0.29) is 23.3 Å². The average Bonchev–Trinajstić information content (AvgIpc) is 3.11. The van der Waals surface area contributed by atoms with Crippen molar-refractivity contribution >= 4 is 34.4 Å². The Morgan fingerprint density at radius 3 is 2.90 bits per heavy atom. The van der Waals surface area contributed by atoms with Gasteiger partial charge in [-0.05, 0) is 51.0 Å². The highest BCUT2D eigenvalue weighted by molar-refractivity contribution is 7.99. The van der Waals surface area contributed by atoms with Gasteiger partial charge in [-0.25, -0.2) is 4.98 Å². The maximum atomic E-state index is 13.1. The summed E-state index contributed by atoms with van der Waals surface area (Å²) < 4.78 is 7.39. The molecule has 1 N–H and O–H groups in total. The summed E-state index contributed by atoms with van der Waals surface area (Å²) >= 11 is 1.32. The number of rotatable bonds is 5. The van der Waals surface area contributed by atoms with Crippen molar-refractivity contribution in [1.29, 1.82) is 0 Å². The summed E-state index contributed by atoms with van der Waals surface area (Å²) in [4.78, 5) is 35.7. The summed E-state index contributed by atoms with van der Waals surface area (Å²) in [7, 11) is 0. The first-order chi connectivity index (χ1) is 14.4. The Morgan fingerprint density at radius 1 is 1.33 bits per heavy atom. The highest BCUT2D eigenvalue weighted by atomic mass is 32.2. The van der Waals surface area contributed by atoms with E-state index in [0.717, 1.165) is 29.1 Å². The molecule has 0 aliphatic carbocycles. The summed E-state index contributed by atoms with van der Waals surface area (Å²) in [5, 5.41) is 0.576. The molecule has 7 nitrogen and oxygen atoms in total. The van der Waals surface area contributed by atoms with Gasteiger partial charge in [0.25, 0.3) is 5.56 Å². The van der Waals surface area contributed by atoms with E-state index in [9.17, 15) is 9.59 Å². The number of hydrogen-bond donors (Lipinski definition) is 1. The van der Waals surface area contributed by atoms with Gasteiger partial charge in [0.05, 0.1) is 23.5 Å². The molecule has 1 atom stereocenters. The quantitative estimate of drug-likeness (QED) is 0.495. The van der Waals surface area contributed by atoms with E-state index in [1.807, 2.05) is 52.0 Å². The lowest BCUT2D eigenvalue weighted by atomic mass is 10.1. The number of anilines is 1. The molecule has 0 unspecified atom stereocenters. The van der Waals surface area contributed by atoms with Gasteiger partial charge in [0.2, 0.25) is 5.91 Å². The molecule has 0 radical (unpaired) electrons. The number of ether oxygens (including phenoxy) is 1. The van der Waals surface area contributed by atoms with Crippen LogP contribution >= 0.6 is 11.8 Å². The molecule has 4 rings (SSSR count). The molecular weight excluding hydrogens is 400 g/mol. The molecule has 1 aromatic carbocycles. The number of nitrogens with one attached hydrogen (secondary N) is 1. The van der Waals surface area contributed by atoms with Crippen LogP contribution in [0.5, 0.6) is 5.75 Å². The first-order valence-electron chi connectivity index (χ1n) is 10.2. The van der Waals surface area contributed by atoms with E-state index in [4.69, 9.17) is 9.72 Å². The predicted molar refractivity (Wildman–Crippen MR) is 120 cm³/mol. The van der Waals surface area contributed by atoms with Crippen molar-refractivity contribution in [2.24, 2.45) is 0 Å². The molecule has 0 spiro atoms. The third-order valence-electron chi connectivity index (χ3n) is 5.42. The van der Waals surface area contributed by atoms with E-state index < -0.39 is 0 Å². The highest BCUT2D eigenvalue weighted by Gasteiger charge is 2.25. The number of carbonyl (C=O) groups excluding carboxylic acids is 1. The smallest absolute Gasteiger partial charge is 0.278 e. The number of carbonyl (C=O) groups is 1. The fraction of sp³-hybridized carbons (Fsp3) is 0.409. The molecule has 1 aliphatic heterocycles. The average molecular weight is 427 g/mol. The standard InChI is InChI=1S/C22H26N4O3S/c1-5-15(4)26-21(28)20-16(11-14(3)23-20)24-22(26)30-12-19(27)25-8-9-29-18-7-6-13(2)10-17(18)25/h6-7,10-11,15,23H,5,8-9,12H2,1-4H3/t15-/m1/s1. The summed E-state index contributed by atoms with van der Waals surface area (Å²) in [6.07, 6.45) is 0.796. The fourth-order valence-electron chi connectivity index (χ4n) is 3.65. The number of H-pyrrole nitrogens is 1. The van der Waals surface area contributed by atoms with Crippen molar-refractivity contribution in [3.8, 4) is 5.75 Å². The van der Waals surface area contributed by atoms with Crippen LogP contribution in [-0.4, -0.2) is 39.3 Å². The first kappa shape index (κ1) is 20.5. The van der Waals surface area contributed by atoms with Crippen molar-refractivity contribution in [2.45, 2.75) is 45.3 Å². The monoisotopic (exact) mass is 426 g/mol. The minimum Gasteiger partial charge on any atom is -0.490 e. The van der Waals surface area contributed by atoms with Crippen molar-refractivity contribution in [3.63, 3.8) is 0 Å². The third-order valence-corrected chi connectivity index (χ3v) is 6.36. The maximum absolute atomic E-state index is 13.1. The molecule has 3 heterocycles. The molecule has 3 aromatic rings. The Bertz CT molecular complexity index is 1170. The molecule has 8 heteroatoms. The van der Waals surface area contributed by atoms with Crippen LogP contribution in [0.3, 0.4) is 0 Å². The molecule has 0 saturated heterocycles. The number of thioether (sulfide) groups is 1. The number of hydrogen-bond acceptors (Lipinski definition) is 5. The molecule has 158 valence electrons. The van der Waals surface area contributed by atoms with E-state index in [1.54, 1.807) is 9.47 Å². The Labute approximate surface area is 179 Å². The van der Waals surface area contributed by atoms with Crippen LogP contribution in [0, 0.1) is 13.8 Å². The van der Waals surface area contributed by atoms with Crippen LogP contribution in [0.4, 0.5) is 5.69 Å². The highest BCUT2D eigenvalue weighted by Crippen LogP contribution is 2.33. The van der Waals surface area contributed by atoms with Crippen LogP contribution in [0.25, 0.3) is 11.0 Å². The Morgan fingerprint density at radius 2 is 2.13 bits per heavy atom. The van der Waals surface area contributed by atoms with E-state index in [0.29, 0.717) is 29.3 Å². The van der Waals surface area contributed by atoms with Gasteiger partial charge in [0, 0.05) is 11.7 Å². The van der Waals surface area contributed by atoms with Crippen molar-refractivity contribution < 1.29 is 9.53 Å². The molecule has 0 fully saturated rings. The van der Waals surface area contributed by atoms with Crippen LogP contribution in [0.15, 0.2) is 34.2 Å². The van der Waals surface area contributed by atoms with E-state index in [2.05, 4.69) is 4.98 Å². The summed E-state index contributed by atoms with van der Waals surface area (Å²) in [6, 6.07) is 7.71. The van der Waals surface area contributed by atoms with Crippen molar-refractivity contribution in [1.82, 2.24) is 14.5 Å². The lowest BCUT2D eigenvalue weighted by Gasteiger charge is -2.30. The molecule has 1 amide bonds. The zero-order valence-electron chi connectivity index (χ0n) is 17.7. The number of aromatic amines is 1. The second kappa shape index (κ2) is 8.18. The normalized spacial score (nSPS) is 14.5. The number of amides is 1. The Hall–Kier alpha value is -2.74. The SMILES string of the molecule is CC[C@@H](C)n1c(SCC(=O)N2CCOc3ccc(C)cc32)nc2cc(C)[nH]c2c1=O. The fourth-order valence-corrected chi connectivity index (χ4v) is 4.63. The van der Waals surface area contributed by atoms with Gasteiger partial charge in [-0.3, -0.25) is 14.2 Å². The molecule has 0 bridgehead atoms. The van der Waals surface area contributed by atoms with E-state index in [1.165, 1.54) is 11.8 Å². The zero-order valence-corrected chi connectivity index (χ0v) is 18.5. The van der Waals surface area contributed by atoms with Crippen LogP contribution in [-0.2, 0) is 4.79 Å². The molecule has 30 heavy (non-hydrogen) atoms. The topological polar surface area (TPSA) is 80.2 Å². The van der Waals surface area contributed by atoms with Crippen LogP contribution in [0.2, 0.25) is 0 Å². The number of fused-ring (bicyclic) bond motifs is 2. The Kier molecular flexibility index (Phi) is 5.60. The van der Waals surface area contributed by atoms with Crippen LogP contribution < -0.4 is 15.2 Å². The van der Waals surface area contributed by atoms with Crippen molar-refractivity contribution in [3.05, 3.63) is 45.9 Å². The molecular formula is C22H26N4O3S. The number of aromatic nitrogens is 3. The van der Waals surface area contributed by atoms with E-state index >= 15 is 0 Å². The second-order valence-corrected chi connectivity index (χ2v) is 8.64. The maximum Gasteiger partial charge on any atom is 0.278 e. The largest absolute Gasteiger partial charge is 0.490 e. The van der Waals surface area contributed by atoms with Gasteiger partial charge in [0.1, 0.15) is 17.9 Å². The predicted octanol–water partition coefficient (Wildman–Crippen LogP) is 3.83. The summed E-state index contributed by atoms with van der Waals surface area (Å²) in [5.74, 6) is 0.903. The summed E-state index contributed by atoms with van der Waals surface area (Å²) in [6.45, 7) is 8.91. The van der Waals surface area contributed by atoms with Gasteiger partial charge < -0.3 is 14.6 Å². The molecule has 0 saturated carbocycles.